The Hall–Kier alpha value is -3.46. The van der Waals surface area contributed by atoms with Crippen LogP contribution in [0.5, 0.6) is 11.6 Å². The second-order valence-electron chi connectivity index (χ2n) is 7.28. The van der Waals surface area contributed by atoms with Gasteiger partial charge in [-0.3, -0.25) is 19.4 Å². The Balaban J connectivity index is 1.57. The van der Waals surface area contributed by atoms with Gasteiger partial charge >= 0.3 is 0 Å². The van der Waals surface area contributed by atoms with Crippen LogP contribution in [0.15, 0.2) is 36.8 Å². The zero-order valence-electron chi connectivity index (χ0n) is 17.5. The van der Waals surface area contributed by atoms with Crippen LogP contribution in [0.4, 0.5) is 5.69 Å². The number of fused-ring (bicyclic) bond motifs is 1. The molecule has 156 valence electrons. The van der Waals surface area contributed by atoms with Gasteiger partial charge in [-0.2, -0.15) is 5.10 Å². The maximum absolute atomic E-state index is 12.9. The highest BCUT2D eigenvalue weighted by Crippen LogP contribution is 2.32. The van der Waals surface area contributed by atoms with E-state index < -0.39 is 0 Å². The van der Waals surface area contributed by atoms with Crippen molar-refractivity contribution in [2.45, 2.75) is 13.1 Å². The van der Waals surface area contributed by atoms with Crippen molar-refractivity contribution in [2.75, 3.05) is 39.8 Å². The summed E-state index contributed by atoms with van der Waals surface area (Å²) in [6, 6.07) is 5.46. The number of carbonyl (C=O) groups is 1. The fourth-order valence-corrected chi connectivity index (χ4v) is 3.34. The number of nitrogens with zero attached hydrogens (tertiary/aromatic N) is 6. The van der Waals surface area contributed by atoms with E-state index in [1.54, 1.807) is 31.5 Å². The molecule has 30 heavy (non-hydrogen) atoms. The van der Waals surface area contributed by atoms with E-state index in [2.05, 4.69) is 15.0 Å². The first-order valence-electron chi connectivity index (χ1n) is 9.57. The van der Waals surface area contributed by atoms with Crippen LogP contribution < -0.4 is 14.4 Å². The minimum atomic E-state index is -0.0679. The minimum absolute atomic E-state index is 0.0679. The summed E-state index contributed by atoms with van der Waals surface area (Å²) < 4.78 is 12.4. The highest BCUT2D eigenvalue weighted by Gasteiger charge is 2.31. The fourth-order valence-electron chi connectivity index (χ4n) is 3.34. The van der Waals surface area contributed by atoms with Crippen LogP contribution in [-0.2, 0) is 13.1 Å². The molecule has 0 saturated carbocycles. The maximum Gasteiger partial charge on any atom is 0.260 e. The summed E-state index contributed by atoms with van der Waals surface area (Å²) in [6.07, 6.45) is 5.30. The number of aromatic nitrogens is 4. The molecule has 0 radical (unpaired) electrons. The SMILES string of the molecule is COc1cc(-c2ccc3c(n2)CN(c2cnn(CCN(C)C)c2)C3=O)cnc1OC. The first-order chi connectivity index (χ1) is 14.5. The largest absolute Gasteiger partial charge is 0.491 e. The van der Waals surface area contributed by atoms with Gasteiger partial charge in [-0.15, -0.1) is 0 Å². The second-order valence-corrected chi connectivity index (χ2v) is 7.28. The summed E-state index contributed by atoms with van der Waals surface area (Å²) in [5.74, 6) is 0.872. The summed E-state index contributed by atoms with van der Waals surface area (Å²) in [7, 11) is 7.14. The van der Waals surface area contributed by atoms with Gasteiger partial charge < -0.3 is 14.4 Å². The summed E-state index contributed by atoms with van der Waals surface area (Å²) in [5, 5.41) is 4.37. The van der Waals surface area contributed by atoms with Gasteiger partial charge in [0.2, 0.25) is 0 Å². The van der Waals surface area contributed by atoms with E-state index in [1.807, 2.05) is 43.2 Å². The van der Waals surface area contributed by atoms with E-state index >= 15 is 0 Å². The highest BCUT2D eigenvalue weighted by atomic mass is 16.5. The van der Waals surface area contributed by atoms with E-state index in [4.69, 9.17) is 14.5 Å². The first-order valence-corrected chi connectivity index (χ1v) is 9.57. The van der Waals surface area contributed by atoms with Gasteiger partial charge in [0.25, 0.3) is 11.8 Å². The lowest BCUT2D eigenvalue weighted by Crippen LogP contribution is -2.22. The zero-order chi connectivity index (χ0) is 21.3. The van der Waals surface area contributed by atoms with Crippen molar-refractivity contribution in [3.05, 3.63) is 48.0 Å². The molecule has 4 rings (SSSR count). The molecule has 9 heteroatoms. The lowest BCUT2D eigenvalue weighted by molar-refractivity contribution is 0.0996. The van der Waals surface area contributed by atoms with Crippen LogP contribution in [0.25, 0.3) is 11.3 Å². The van der Waals surface area contributed by atoms with Gasteiger partial charge in [0.05, 0.1) is 56.1 Å². The van der Waals surface area contributed by atoms with Gasteiger partial charge in [-0.05, 0) is 32.3 Å². The molecule has 1 amide bonds. The molecule has 0 saturated heterocycles. The average Bonchev–Trinajstić information content (AvgIpc) is 3.35. The van der Waals surface area contributed by atoms with Gasteiger partial charge in [-0.25, -0.2) is 4.98 Å². The van der Waals surface area contributed by atoms with Crippen LogP contribution in [0.2, 0.25) is 0 Å². The van der Waals surface area contributed by atoms with E-state index in [0.717, 1.165) is 35.7 Å². The number of amides is 1. The Bertz CT molecular complexity index is 1080. The van der Waals surface area contributed by atoms with Crippen molar-refractivity contribution < 1.29 is 14.3 Å². The quantitative estimate of drug-likeness (QED) is 0.592. The van der Waals surface area contributed by atoms with E-state index in [9.17, 15) is 4.79 Å². The molecule has 0 spiro atoms. The van der Waals surface area contributed by atoms with E-state index in [-0.39, 0.29) is 5.91 Å². The Morgan fingerprint density at radius 3 is 2.73 bits per heavy atom. The minimum Gasteiger partial charge on any atom is -0.491 e. The third-order valence-corrected chi connectivity index (χ3v) is 4.99. The van der Waals surface area contributed by atoms with Gasteiger partial charge in [0.15, 0.2) is 5.75 Å². The zero-order valence-corrected chi connectivity index (χ0v) is 17.5. The summed E-state index contributed by atoms with van der Waals surface area (Å²) >= 11 is 0. The Morgan fingerprint density at radius 2 is 2.00 bits per heavy atom. The molecule has 0 fully saturated rings. The Labute approximate surface area is 174 Å². The molecule has 3 aromatic heterocycles. The van der Waals surface area contributed by atoms with Crippen molar-refractivity contribution in [3.8, 4) is 22.9 Å². The molecular weight excluding hydrogens is 384 g/mol. The summed E-state index contributed by atoms with van der Waals surface area (Å²) in [6.45, 7) is 2.04. The van der Waals surface area contributed by atoms with E-state index in [1.165, 1.54) is 0 Å². The molecule has 1 aliphatic heterocycles. The highest BCUT2D eigenvalue weighted by molar-refractivity contribution is 6.09. The van der Waals surface area contributed by atoms with Crippen molar-refractivity contribution in [1.82, 2.24) is 24.6 Å². The molecule has 0 aromatic carbocycles. The molecule has 9 nitrogen and oxygen atoms in total. The Kier molecular flexibility index (Phi) is 5.37. The number of likely N-dealkylation sites (N-methyl/N-ethyl adjacent to an activating group) is 1. The van der Waals surface area contributed by atoms with Crippen LogP contribution in [0, 0.1) is 0 Å². The number of pyridine rings is 2. The molecule has 0 atom stereocenters. The number of rotatable bonds is 7. The van der Waals surface area contributed by atoms with Crippen LogP contribution in [0.1, 0.15) is 16.1 Å². The van der Waals surface area contributed by atoms with Crippen LogP contribution in [-0.4, -0.2) is 65.4 Å². The number of hydrogen-bond donors (Lipinski definition) is 0. The smallest absolute Gasteiger partial charge is 0.260 e. The van der Waals surface area contributed by atoms with Gasteiger partial charge in [-0.1, -0.05) is 0 Å². The Morgan fingerprint density at radius 1 is 1.17 bits per heavy atom. The van der Waals surface area contributed by atoms with Crippen molar-refractivity contribution >= 4 is 11.6 Å². The maximum atomic E-state index is 12.9. The van der Waals surface area contributed by atoms with Crippen molar-refractivity contribution in [3.63, 3.8) is 0 Å². The fraction of sp³-hybridized carbons (Fsp3) is 0.333. The first kappa shape index (κ1) is 19.8. The van der Waals surface area contributed by atoms with Crippen molar-refractivity contribution in [2.24, 2.45) is 0 Å². The summed E-state index contributed by atoms with van der Waals surface area (Å²) in [4.78, 5) is 25.7. The number of carbonyl (C=O) groups excluding carboxylic acids is 1. The monoisotopic (exact) mass is 408 g/mol. The molecule has 4 heterocycles. The van der Waals surface area contributed by atoms with Crippen LogP contribution >= 0.6 is 0 Å². The number of ether oxygens (including phenoxy) is 2. The second kappa shape index (κ2) is 8.11. The topological polar surface area (TPSA) is 85.6 Å². The van der Waals surface area contributed by atoms with Crippen molar-refractivity contribution in [1.29, 1.82) is 0 Å². The number of methoxy groups -OCH3 is 2. The lowest BCUT2D eigenvalue weighted by atomic mass is 10.1. The molecule has 0 unspecified atom stereocenters. The standard InChI is InChI=1S/C21H24N6O3/c1-25(2)7-8-26-12-15(11-23-26)27-13-18-16(21(27)28)5-6-17(24-18)14-9-19(29-3)20(30-4)22-10-14/h5-6,9-12H,7-8,13H2,1-4H3. The lowest BCUT2D eigenvalue weighted by Gasteiger charge is -2.12. The molecule has 1 aliphatic rings. The van der Waals surface area contributed by atoms with Gasteiger partial charge in [0, 0.05) is 24.5 Å². The predicted octanol–water partition coefficient (Wildman–Crippen LogP) is 2.08. The molecule has 0 bridgehead atoms. The third kappa shape index (κ3) is 3.71. The molecule has 0 aliphatic carbocycles. The number of anilines is 1. The normalized spacial score (nSPS) is 13.1. The summed E-state index contributed by atoms with van der Waals surface area (Å²) in [5.41, 5.74) is 3.61. The molecule has 3 aromatic rings. The molecular formula is C21H24N6O3. The number of hydrogen-bond acceptors (Lipinski definition) is 7. The van der Waals surface area contributed by atoms with E-state index in [0.29, 0.717) is 23.7 Å². The predicted molar refractivity (Wildman–Crippen MR) is 112 cm³/mol. The molecule has 0 N–H and O–H groups in total. The third-order valence-electron chi connectivity index (χ3n) is 4.99. The average molecular weight is 408 g/mol. The van der Waals surface area contributed by atoms with Crippen LogP contribution in [0.3, 0.4) is 0 Å². The van der Waals surface area contributed by atoms with Gasteiger partial charge in [0.1, 0.15) is 0 Å².